The second-order valence-electron chi connectivity index (χ2n) is 5.77. The molecule has 0 aliphatic rings. The zero-order valence-corrected chi connectivity index (χ0v) is 17.2. The largest absolute Gasteiger partial charge is 0.378 e. The summed E-state index contributed by atoms with van der Waals surface area (Å²) in [6.45, 7) is 8.01. The van der Waals surface area contributed by atoms with Crippen LogP contribution in [0.4, 0.5) is 10.8 Å². The third kappa shape index (κ3) is 4.20. The highest BCUT2D eigenvalue weighted by atomic mass is 35.5. The first-order valence-corrected chi connectivity index (χ1v) is 9.92. The van der Waals surface area contributed by atoms with Crippen LogP contribution in [0.15, 0.2) is 12.3 Å². The van der Waals surface area contributed by atoms with E-state index >= 15 is 0 Å². The molecule has 0 fully saturated rings. The molecule has 0 saturated heterocycles. The van der Waals surface area contributed by atoms with Crippen molar-refractivity contribution in [2.75, 3.05) is 10.6 Å². The van der Waals surface area contributed by atoms with Crippen LogP contribution >= 0.6 is 34.3 Å². The third-order valence-electron chi connectivity index (χ3n) is 3.62. The fourth-order valence-electron chi connectivity index (χ4n) is 2.48. The molecule has 3 aromatic heterocycles. The quantitative estimate of drug-likeness (QED) is 0.593. The van der Waals surface area contributed by atoms with Crippen LogP contribution in [0.2, 0.25) is 5.15 Å². The van der Waals surface area contributed by atoms with Crippen LogP contribution < -0.4 is 10.6 Å². The summed E-state index contributed by atoms with van der Waals surface area (Å²) < 4.78 is 0. The lowest BCUT2D eigenvalue weighted by atomic mass is 10.2. The van der Waals surface area contributed by atoms with Gasteiger partial charge < -0.3 is 10.6 Å². The fraction of sp³-hybridized carbons (Fsp3) is 0.294. The number of thiazole rings is 2. The Bertz CT molecular complexity index is 966. The lowest BCUT2D eigenvalue weighted by Crippen LogP contribution is -2.04. The van der Waals surface area contributed by atoms with Gasteiger partial charge in [0.25, 0.3) is 0 Å². The van der Waals surface area contributed by atoms with E-state index in [0.717, 1.165) is 32.5 Å². The van der Waals surface area contributed by atoms with Crippen molar-refractivity contribution in [1.82, 2.24) is 15.0 Å². The molecule has 3 heterocycles. The van der Waals surface area contributed by atoms with Gasteiger partial charge in [-0.15, -0.1) is 11.3 Å². The monoisotopic (exact) mass is 407 g/mol. The summed E-state index contributed by atoms with van der Waals surface area (Å²) in [6, 6.07) is 1.95. The standard InChI is InChI=1S/C17H18ClN5OS2/c1-8-14(25-11(4)21-8)7-19-13-5-12(6-20-16(13)18)15-9(2)22-17(26-15)23-10(3)24/h5-6,19H,7H2,1-4H3,(H,22,23,24). The molecule has 0 unspecified atom stereocenters. The number of rotatable bonds is 5. The number of aromatic nitrogens is 3. The SMILES string of the molecule is CC(=O)Nc1nc(C)c(-c2cnc(Cl)c(NCc3sc(C)nc3C)c2)s1. The number of carbonyl (C=O) groups excluding carboxylic acids is 1. The minimum absolute atomic E-state index is 0.142. The molecule has 2 N–H and O–H groups in total. The summed E-state index contributed by atoms with van der Waals surface area (Å²) in [4.78, 5) is 26.5. The van der Waals surface area contributed by atoms with Crippen molar-refractivity contribution in [2.24, 2.45) is 0 Å². The van der Waals surface area contributed by atoms with Crippen LogP contribution in [-0.2, 0) is 11.3 Å². The Morgan fingerprint density at radius 1 is 1.19 bits per heavy atom. The molecule has 26 heavy (non-hydrogen) atoms. The lowest BCUT2D eigenvalue weighted by Gasteiger charge is -2.09. The van der Waals surface area contributed by atoms with Crippen LogP contribution in [0.5, 0.6) is 0 Å². The molecule has 0 radical (unpaired) electrons. The number of aryl methyl sites for hydroxylation is 3. The van der Waals surface area contributed by atoms with Crippen LogP contribution in [0.25, 0.3) is 10.4 Å². The highest BCUT2D eigenvalue weighted by molar-refractivity contribution is 7.19. The van der Waals surface area contributed by atoms with Gasteiger partial charge in [0.15, 0.2) is 10.3 Å². The van der Waals surface area contributed by atoms with Crippen molar-refractivity contribution >= 4 is 51.0 Å². The van der Waals surface area contributed by atoms with Gasteiger partial charge in [-0.1, -0.05) is 22.9 Å². The Morgan fingerprint density at radius 2 is 1.96 bits per heavy atom. The van der Waals surface area contributed by atoms with Crippen molar-refractivity contribution in [3.05, 3.63) is 38.7 Å². The summed E-state index contributed by atoms with van der Waals surface area (Å²) in [5.74, 6) is -0.142. The molecular formula is C17H18ClN5OS2. The van der Waals surface area contributed by atoms with Crippen molar-refractivity contribution in [3.63, 3.8) is 0 Å². The van der Waals surface area contributed by atoms with Gasteiger partial charge in [0.05, 0.1) is 33.5 Å². The van der Waals surface area contributed by atoms with E-state index in [1.807, 2.05) is 26.8 Å². The molecule has 6 nitrogen and oxygen atoms in total. The molecule has 0 aliphatic heterocycles. The molecule has 0 bridgehead atoms. The van der Waals surface area contributed by atoms with E-state index in [1.165, 1.54) is 23.1 Å². The maximum Gasteiger partial charge on any atom is 0.223 e. The second-order valence-corrected chi connectivity index (χ2v) is 8.42. The van der Waals surface area contributed by atoms with E-state index in [2.05, 4.69) is 25.6 Å². The maximum atomic E-state index is 11.2. The number of nitrogens with zero attached hydrogens (tertiary/aromatic N) is 3. The van der Waals surface area contributed by atoms with Crippen molar-refractivity contribution in [3.8, 4) is 10.4 Å². The van der Waals surface area contributed by atoms with E-state index < -0.39 is 0 Å². The highest BCUT2D eigenvalue weighted by Gasteiger charge is 2.14. The average molecular weight is 408 g/mol. The Hall–Kier alpha value is -2.03. The topological polar surface area (TPSA) is 79.8 Å². The van der Waals surface area contributed by atoms with Crippen LogP contribution in [0.1, 0.15) is 28.2 Å². The van der Waals surface area contributed by atoms with Gasteiger partial charge in [0, 0.05) is 23.6 Å². The number of anilines is 2. The van der Waals surface area contributed by atoms with Crippen molar-refractivity contribution in [1.29, 1.82) is 0 Å². The van der Waals surface area contributed by atoms with E-state index in [9.17, 15) is 4.79 Å². The summed E-state index contributed by atoms with van der Waals surface area (Å²) in [5.41, 5.74) is 3.52. The van der Waals surface area contributed by atoms with Crippen molar-refractivity contribution in [2.45, 2.75) is 34.2 Å². The van der Waals surface area contributed by atoms with E-state index in [-0.39, 0.29) is 5.91 Å². The molecule has 0 spiro atoms. The smallest absolute Gasteiger partial charge is 0.223 e. The van der Waals surface area contributed by atoms with Crippen LogP contribution in [0, 0.1) is 20.8 Å². The summed E-state index contributed by atoms with van der Waals surface area (Å²) in [5, 5.41) is 8.09. The van der Waals surface area contributed by atoms with Gasteiger partial charge in [-0.3, -0.25) is 4.79 Å². The first-order chi connectivity index (χ1) is 12.3. The maximum absolute atomic E-state index is 11.2. The third-order valence-corrected chi connectivity index (χ3v) is 6.12. The zero-order valence-electron chi connectivity index (χ0n) is 14.8. The van der Waals surface area contributed by atoms with Gasteiger partial charge in [0.1, 0.15) is 0 Å². The van der Waals surface area contributed by atoms with Gasteiger partial charge in [0.2, 0.25) is 5.91 Å². The Morgan fingerprint density at radius 3 is 2.62 bits per heavy atom. The highest BCUT2D eigenvalue weighted by Crippen LogP contribution is 2.35. The molecule has 9 heteroatoms. The minimum Gasteiger partial charge on any atom is -0.378 e. The number of halogens is 1. The first-order valence-electron chi connectivity index (χ1n) is 7.91. The second kappa shape index (κ2) is 7.69. The van der Waals surface area contributed by atoms with Crippen LogP contribution in [-0.4, -0.2) is 20.9 Å². The number of nitrogens with one attached hydrogen (secondary N) is 2. The predicted molar refractivity (Wildman–Crippen MR) is 108 cm³/mol. The molecule has 3 aromatic rings. The zero-order chi connectivity index (χ0) is 18.8. The number of hydrogen-bond acceptors (Lipinski definition) is 7. The lowest BCUT2D eigenvalue weighted by molar-refractivity contribution is -0.114. The van der Waals surface area contributed by atoms with Gasteiger partial charge >= 0.3 is 0 Å². The molecule has 3 rings (SSSR count). The minimum atomic E-state index is -0.142. The number of carbonyl (C=O) groups is 1. The fourth-order valence-corrected chi connectivity index (χ4v) is 4.52. The Kier molecular flexibility index (Phi) is 5.55. The molecule has 0 aliphatic carbocycles. The van der Waals surface area contributed by atoms with Gasteiger partial charge in [-0.25, -0.2) is 15.0 Å². The van der Waals surface area contributed by atoms with E-state index in [0.29, 0.717) is 16.8 Å². The molecule has 1 amide bonds. The summed E-state index contributed by atoms with van der Waals surface area (Å²) in [6.07, 6.45) is 1.72. The van der Waals surface area contributed by atoms with Crippen molar-refractivity contribution < 1.29 is 4.79 Å². The number of pyridine rings is 1. The average Bonchev–Trinajstić information content (AvgIpc) is 3.07. The molecule has 0 aromatic carbocycles. The normalized spacial score (nSPS) is 10.8. The van der Waals surface area contributed by atoms with Crippen LogP contribution in [0.3, 0.4) is 0 Å². The van der Waals surface area contributed by atoms with E-state index in [4.69, 9.17) is 11.6 Å². The number of hydrogen-bond donors (Lipinski definition) is 2. The molecule has 136 valence electrons. The van der Waals surface area contributed by atoms with Gasteiger partial charge in [-0.05, 0) is 26.8 Å². The Balaban J connectivity index is 1.84. The molecular weight excluding hydrogens is 390 g/mol. The first kappa shape index (κ1) is 18.8. The molecule has 0 atom stereocenters. The van der Waals surface area contributed by atoms with Gasteiger partial charge in [-0.2, -0.15) is 0 Å². The Labute approximate surface area is 164 Å². The van der Waals surface area contributed by atoms with E-state index in [1.54, 1.807) is 17.5 Å². The predicted octanol–water partition coefficient (Wildman–Crippen LogP) is 4.81. The molecule has 0 saturated carbocycles. The number of amides is 1. The summed E-state index contributed by atoms with van der Waals surface area (Å²) >= 11 is 9.33. The summed E-state index contributed by atoms with van der Waals surface area (Å²) in [7, 11) is 0.